The molecule has 1 saturated heterocycles. The first-order chi connectivity index (χ1) is 17.3. The number of halogens is 2. The molecule has 7 atom stereocenters. The van der Waals surface area contributed by atoms with Gasteiger partial charge in [0.1, 0.15) is 0 Å². The molecule has 6 nitrogen and oxygen atoms in total. The zero-order valence-corrected chi connectivity index (χ0v) is 23.1. The molecule has 0 radical (unpaired) electrons. The Morgan fingerprint density at radius 2 is 1.89 bits per heavy atom. The van der Waals surface area contributed by atoms with Crippen molar-refractivity contribution in [3.8, 4) is 0 Å². The van der Waals surface area contributed by atoms with Crippen LogP contribution in [0.4, 0.5) is 0 Å². The third-order valence-corrected chi connectivity index (χ3v) is 12.2. The van der Waals surface area contributed by atoms with Crippen molar-refractivity contribution >= 4 is 76.3 Å². The lowest BCUT2D eigenvalue weighted by atomic mass is 9.68. The first kappa shape index (κ1) is 24.9. The topological polar surface area (TPSA) is 90.5 Å². The number of imide groups is 1. The number of aromatic amines is 1. The van der Waals surface area contributed by atoms with E-state index in [-0.39, 0.29) is 59.0 Å². The summed E-state index contributed by atoms with van der Waals surface area (Å²) >= 11 is 22.0. The molecule has 190 valence electrons. The summed E-state index contributed by atoms with van der Waals surface area (Å²) in [5, 5.41) is 11.1. The standard InChI is InChI=1S/C25H24Cl2N2O4S3/c26-13-6-4-5-10(19(13)27)15-16-11-9-12(20(16)35-22-21(15)36-25(34)28-22)18-17(11)23(32)29(24(18)33)8-3-1-2-7-14(30)31/h4-6,11-12,15-18,20H,1-3,7-9H2,(H,28,34)(H,30,31). The molecule has 1 aromatic carbocycles. The van der Waals surface area contributed by atoms with Crippen LogP contribution in [-0.4, -0.2) is 44.6 Å². The fraction of sp³-hybridized carbons (Fsp3) is 0.520. The quantitative estimate of drug-likeness (QED) is 0.228. The van der Waals surface area contributed by atoms with E-state index < -0.39 is 5.97 Å². The zero-order valence-electron chi connectivity index (χ0n) is 19.1. The number of rotatable bonds is 7. The van der Waals surface area contributed by atoms with Crippen LogP contribution in [0.3, 0.4) is 0 Å². The predicted molar refractivity (Wildman–Crippen MR) is 142 cm³/mol. The fourth-order valence-corrected chi connectivity index (χ4v) is 10.9. The van der Waals surface area contributed by atoms with Gasteiger partial charge >= 0.3 is 5.97 Å². The van der Waals surface area contributed by atoms with Crippen molar-refractivity contribution in [1.29, 1.82) is 0 Å². The monoisotopic (exact) mass is 582 g/mol. The molecule has 2 bridgehead atoms. The molecule has 36 heavy (non-hydrogen) atoms. The molecule has 6 rings (SSSR count). The Morgan fingerprint density at radius 3 is 2.64 bits per heavy atom. The Morgan fingerprint density at radius 1 is 1.14 bits per heavy atom. The first-order valence-corrected chi connectivity index (χ1v) is 15.0. The maximum atomic E-state index is 13.6. The second-order valence-corrected chi connectivity index (χ2v) is 13.8. The molecule has 2 amide bonds. The Hall–Kier alpha value is -1.39. The van der Waals surface area contributed by atoms with E-state index in [1.165, 1.54) is 4.90 Å². The lowest BCUT2D eigenvalue weighted by Crippen LogP contribution is -2.42. The van der Waals surface area contributed by atoms with Crippen LogP contribution in [-0.2, 0) is 14.4 Å². The second kappa shape index (κ2) is 9.42. The number of hydrogen-bond acceptors (Lipinski definition) is 6. The smallest absolute Gasteiger partial charge is 0.303 e. The molecule has 3 fully saturated rings. The molecule has 2 aliphatic heterocycles. The number of nitrogens with zero attached hydrogens (tertiary/aromatic N) is 1. The number of thioether (sulfide) groups is 1. The average molecular weight is 584 g/mol. The molecule has 3 heterocycles. The van der Waals surface area contributed by atoms with E-state index in [9.17, 15) is 14.4 Å². The molecule has 2 aromatic rings. The fourth-order valence-electron chi connectivity index (χ4n) is 7.13. The summed E-state index contributed by atoms with van der Waals surface area (Å²) in [7, 11) is 0. The second-order valence-electron chi connectivity index (χ2n) is 10.1. The van der Waals surface area contributed by atoms with E-state index in [0.717, 1.165) is 21.9 Å². The van der Waals surface area contributed by atoms with Gasteiger partial charge < -0.3 is 10.1 Å². The van der Waals surface area contributed by atoms with Crippen LogP contribution in [0.1, 0.15) is 48.5 Å². The van der Waals surface area contributed by atoms with E-state index in [2.05, 4.69) is 4.98 Å². The average Bonchev–Trinajstić information content (AvgIpc) is 3.56. The van der Waals surface area contributed by atoms with Gasteiger partial charge in [0.05, 0.1) is 26.9 Å². The van der Waals surface area contributed by atoms with Gasteiger partial charge in [-0.3, -0.25) is 19.3 Å². The number of unbranched alkanes of at least 4 members (excludes halogenated alkanes) is 2. The number of carboxylic acid groups (broad SMARTS) is 1. The van der Waals surface area contributed by atoms with Crippen molar-refractivity contribution in [3.63, 3.8) is 0 Å². The van der Waals surface area contributed by atoms with Crippen LogP contribution in [0, 0.1) is 33.5 Å². The minimum Gasteiger partial charge on any atom is -0.481 e. The zero-order chi connectivity index (χ0) is 25.3. The van der Waals surface area contributed by atoms with Gasteiger partial charge in [-0.25, -0.2) is 0 Å². The van der Waals surface area contributed by atoms with E-state index in [0.29, 0.717) is 39.8 Å². The summed E-state index contributed by atoms with van der Waals surface area (Å²) in [6, 6.07) is 5.72. The molecule has 4 aliphatic rings. The number of aliphatic carboxylic acids is 1. The Labute approximate surface area is 231 Å². The minimum atomic E-state index is -0.821. The van der Waals surface area contributed by atoms with Gasteiger partial charge in [-0.05, 0) is 60.9 Å². The van der Waals surface area contributed by atoms with E-state index in [4.69, 9.17) is 40.5 Å². The number of thiazole rings is 1. The number of benzene rings is 1. The van der Waals surface area contributed by atoms with Crippen molar-refractivity contribution in [2.75, 3.05) is 6.54 Å². The highest BCUT2D eigenvalue weighted by molar-refractivity contribution is 8.00. The molecule has 2 saturated carbocycles. The summed E-state index contributed by atoms with van der Waals surface area (Å²) in [4.78, 5) is 43.8. The number of carbonyl (C=O) groups is 3. The van der Waals surface area contributed by atoms with Gasteiger partial charge in [0.25, 0.3) is 0 Å². The van der Waals surface area contributed by atoms with Crippen LogP contribution >= 0.6 is 58.5 Å². The Bertz CT molecular complexity index is 1330. The highest BCUT2D eigenvalue weighted by atomic mass is 35.5. The molecule has 2 aliphatic carbocycles. The Kier molecular flexibility index (Phi) is 6.52. The number of carboxylic acids is 1. The maximum Gasteiger partial charge on any atom is 0.303 e. The summed E-state index contributed by atoms with van der Waals surface area (Å²) in [6.45, 7) is 0.371. The van der Waals surface area contributed by atoms with E-state index in [1.807, 2.05) is 12.1 Å². The summed E-state index contributed by atoms with van der Waals surface area (Å²) < 4.78 is 0.712. The SMILES string of the molecule is O=C(O)CCCCCN1C(=O)C2C3CC(C2C1=O)C1C(c2cccc(Cl)c2Cl)c2sc(=S)[nH]c2SC31. The van der Waals surface area contributed by atoms with Crippen LogP contribution in [0.15, 0.2) is 23.2 Å². The van der Waals surface area contributed by atoms with Gasteiger partial charge in [-0.15, -0.1) is 23.1 Å². The van der Waals surface area contributed by atoms with Crippen molar-refractivity contribution in [2.24, 2.45) is 29.6 Å². The number of hydrogen-bond donors (Lipinski definition) is 2. The van der Waals surface area contributed by atoms with Crippen LogP contribution in [0.5, 0.6) is 0 Å². The van der Waals surface area contributed by atoms with Gasteiger partial charge in [0, 0.05) is 29.0 Å². The van der Waals surface area contributed by atoms with E-state index in [1.54, 1.807) is 29.2 Å². The van der Waals surface area contributed by atoms with E-state index >= 15 is 0 Å². The van der Waals surface area contributed by atoms with Crippen LogP contribution in [0.25, 0.3) is 0 Å². The number of fused-ring (bicyclic) bond motifs is 9. The number of H-pyrrole nitrogens is 1. The highest BCUT2D eigenvalue weighted by Gasteiger charge is 2.69. The van der Waals surface area contributed by atoms with Crippen molar-refractivity contribution < 1.29 is 19.5 Å². The van der Waals surface area contributed by atoms with Crippen molar-refractivity contribution in [1.82, 2.24) is 9.88 Å². The maximum absolute atomic E-state index is 13.6. The molecular weight excluding hydrogens is 559 g/mol. The Balaban J connectivity index is 1.31. The van der Waals surface area contributed by atoms with Gasteiger partial charge in [-0.2, -0.15) is 0 Å². The van der Waals surface area contributed by atoms with Gasteiger partial charge in [0.2, 0.25) is 11.8 Å². The molecule has 0 spiro atoms. The third kappa shape index (κ3) is 3.80. The normalized spacial score (nSPS) is 32.1. The number of aromatic nitrogens is 1. The largest absolute Gasteiger partial charge is 0.481 e. The number of carbonyl (C=O) groups excluding carboxylic acids is 2. The van der Waals surface area contributed by atoms with Gasteiger partial charge in [0.15, 0.2) is 3.95 Å². The number of amides is 2. The molecule has 11 heteroatoms. The van der Waals surface area contributed by atoms with Crippen molar-refractivity contribution in [3.05, 3.63) is 42.6 Å². The summed E-state index contributed by atoms with van der Waals surface area (Å²) in [5.74, 6) is -1.13. The number of likely N-dealkylation sites (tertiary alicyclic amines) is 1. The minimum absolute atomic E-state index is 0.0284. The third-order valence-electron chi connectivity index (χ3n) is 8.40. The molecule has 7 unspecified atom stereocenters. The lowest BCUT2D eigenvalue weighted by Gasteiger charge is -2.43. The summed E-state index contributed by atoms with van der Waals surface area (Å²) in [5.41, 5.74) is 0.960. The van der Waals surface area contributed by atoms with Crippen LogP contribution < -0.4 is 0 Å². The number of nitrogens with one attached hydrogen (secondary N) is 1. The molecular formula is C25H24Cl2N2O4S3. The van der Waals surface area contributed by atoms with Crippen molar-refractivity contribution in [2.45, 2.75) is 48.3 Å². The molecule has 1 aromatic heterocycles. The molecule has 2 N–H and O–H groups in total. The van der Waals surface area contributed by atoms with Gasteiger partial charge in [-0.1, -0.05) is 41.8 Å². The highest BCUT2D eigenvalue weighted by Crippen LogP contribution is 2.69. The lowest BCUT2D eigenvalue weighted by molar-refractivity contribution is -0.141. The summed E-state index contributed by atoms with van der Waals surface area (Å²) in [6.07, 6.45) is 2.85. The van der Waals surface area contributed by atoms with Crippen LogP contribution in [0.2, 0.25) is 10.0 Å². The predicted octanol–water partition coefficient (Wildman–Crippen LogP) is 6.23. The first-order valence-electron chi connectivity index (χ1n) is 12.2.